The second-order valence-electron chi connectivity index (χ2n) is 6.00. The van der Waals surface area contributed by atoms with Crippen LogP contribution in [0.4, 0.5) is 0 Å². The second kappa shape index (κ2) is 6.78. The van der Waals surface area contributed by atoms with Crippen molar-refractivity contribution in [3.63, 3.8) is 0 Å². The summed E-state index contributed by atoms with van der Waals surface area (Å²) in [7, 11) is 0. The number of amidine groups is 1. The maximum absolute atomic E-state index is 12.3. The van der Waals surface area contributed by atoms with Crippen LogP contribution in [0.25, 0.3) is 0 Å². The molecule has 1 amide bonds. The van der Waals surface area contributed by atoms with E-state index in [4.69, 9.17) is 10.9 Å². The summed E-state index contributed by atoms with van der Waals surface area (Å²) >= 11 is 0. The van der Waals surface area contributed by atoms with Gasteiger partial charge < -0.3 is 16.3 Å². The summed E-state index contributed by atoms with van der Waals surface area (Å²) < 4.78 is 0. The average molecular weight is 269 g/mol. The van der Waals surface area contributed by atoms with Gasteiger partial charge in [0.25, 0.3) is 0 Å². The standard InChI is InChI=1S/C14H27N3O2/c1-4-11(10-8-6-5-7-9-10)16-13(18)14(2,3)12(15)17-19/h10-11,19H,4-9H2,1-3H3,(H2,15,17)(H,16,18). The smallest absolute Gasteiger partial charge is 0.233 e. The number of nitrogens with one attached hydrogen (secondary N) is 1. The van der Waals surface area contributed by atoms with Crippen molar-refractivity contribution in [2.24, 2.45) is 22.2 Å². The lowest BCUT2D eigenvalue weighted by molar-refractivity contribution is -0.127. The van der Waals surface area contributed by atoms with Crippen LogP contribution in [0.15, 0.2) is 5.16 Å². The normalized spacial score (nSPS) is 20.1. The Morgan fingerprint density at radius 3 is 2.47 bits per heavy atom. The van der Waals surface area contributed by atoms with E-state index in [2.05, 4.69) is 17.4 Å². The molecule has 0 bridgehead atoms. The Kier molecular flexibility index (Phi) is 5.63. The summed E-state index contributed by atoms with van der Waals surface area (Å²) in [5.74, 6) is 0.342. The van der Waals surface area contributed by atoms with Crippen LogP contribution in [0.3, 0.4) is 0 Å². The quantitative estimate of drug-likeness (QED) is 0.309. The lowest BCUT2D eigenvalue weighted by Crippen LogP contribution is -2.51. The van der Waals surface area contributed by atoms with Crippen LogP contribution < -0.4 is 11.1 Å². The zero-order valence-corrected chi connectivity index (χ0v) is 12.3. The van der Waals surface area contributed by atoms with Crippen molar-refractivity contribution < 1.29 is 10.0 Å². The van der Waals surface area contributed by atoms with E-state index in [0.717, 1.165) is 6.42 Å². The van der Waals surface area contributed by atoms with E-state index >= 15 is 0 Å². The molecule has 0 aliphatic heterocycles. The van der Waals surface area contributed by atoms with Gasteiger partial charge in [0.05, 0.1) is 0 Å². The first-order valence-corrected chi connectivity index (χ1v) is 7.22. The van der Waals surface area contributed by atoms with Crippen LogP contribution in [0.5, 0.6) is 0 Å². The maximum Gasteiger partial charge on any atom is 0.233 e. The Morgan fingerprint density at radius 1 is 1.42 bits per heavy atom. The van der Waals surface area contributed by atoms with Crippen LogP contribution in [0.2, 0.25) is 0 Å². The molecule has 0 aromatic rings. The van der Waals surface area contributed by atoms with Gasteiger partial charge >= 0.3 is 0 Å². The molecule has 1 rings (SSSR count). The maximum atomic E-state index is 12.3. The number of hydrogen-bond acceptors (Lipinski definition) is 3. The molecule has 5 heteroatoms. The minimum atomic E-state index is -0.975. The molecule has 1 unspecified atom stereocenters. The van der Waals surface area contributed by atoms with Crippen molar-refractivity contribution in [1.29, 1.82) is 0 Å². The molecule has 1 saturated carbocycles. The van der Waals surface area contributed by atoms with Crippen molar-refractivity contribution in [3.8, 4) is 0 Å². The van der Waals surface area contributed by atoms with E-state index in [1.165, 1.54) is 32.1 Å². The number of rotatable bonds is 5. The highest BCUT2D eigenvalue weighted by atomic mass is 16.4. The molecule has 4 N–H and O–H groups in total. The third kappa shape index (κ3) is 3.85. The van der Waals surface area contributed by atoms with Crippen LogP contribution in [-0.4, -0.2) is 23.0 Å². The molecule has 1 aliphatic carbocycles. The molecule has 0 aromatic carbocycles. The molecule has 0 aromatic heterocycles. The number of nitrogens with zero attached hydrogens (tertiary/aromatic N) is 1. The molecule has 0 spiro atoms. The van der Waals surface area contributed by atoms with Gasteiger partial charge in [0.1, 0.15) is 5.41 Å². The number of amides is 1. The van der Waals surface area contributed by atoms with E-state index in [1.54, 1.807) is 13.8 Å². The van der Waals surface area contributed by atoms with Gasteiger partial charge in [-0.05, 0) is 39.0 Å². The van der Waals surface area contributed by atoms with Gasteiger partial charge in [-0.2, -0.15) is 0 Å². The summed E-state index contributed by atoms with van der Waals surface area (Å²) in [4.78, 5) is 12.3. The monoisotopic (exact) mass is 269 g/mol. The van der Waals surface area contributed by atoms with Crippen LogP contribution in [0, 0.1) is 11.3 Å². The number of oxime groups is 1. The van der Waals surface area contributed by atoms with E-state index in [0.29, 0.717) is 5.92 Å². The molecule has 110 valence electrons. The molecule has 1 aliphatic rings. The van der Waals surface area contributed by atoms with Gasteiger partial charge in [-0.1, -0.05) is 31.3 Å². The number of carbonyl (C=O) groups is 1. The van der Waals surface area contributed by atoms with E-state index in [1.807, 2.05) is 0 Å². The Morgan fingerprint density at radius 2 is 2.00 bits per heavy atom. The van der Waals surface area contributed by atoms with Gasteiger partial charge in [-0.3, -0.25) is 4.79 Å². The molecule has 0 radical (unpaired) electrons. The van der Waals surface area contributed by atoms with Crippen molar-refractivity contribution in [3.05, 3.63) is 0 Å². The fourth-order valence-corrected chi connectivity index (χ4v) is 2.68. The highest BCUT2D eigenvalue weighted by Crippen LogP contribution is 2.28. The van der Waals surface area contributed by atoms with Crippen molar-refractivity contribution in [2.45, 2.75) is 65.3 Å². The predicted octanol–water partition coefficient (Wildman–Crippen LogP) is 2.23. The zero-order chi connectivity index (χ0) is 14.5. The van der Waals surface area contributed by atoms with Gasteiger partial charge in [-0.25, -0.2) is 0 Å². The Balaban J connectivity index is 2.67. The SMILES string of the molecule is CCC(NC(=O)C(C)(C)C(N)=NO)C1CCCCC1. The zero-order valence-electron chi connectivity index (χ0n) is 12.3. The first kappa shape index (κ1) is 15.8. The summed E-state index contributed by atoms with van der Waals surface area (Å²) in [6, 6.07) is 0.193. The molecule has 0 heterocycles. The summed E-state index contributed by atoms with van der Waals surface area (Å²) in [5, 5.41) is 14.8. The predicted molar refractivity (Wildman–Crippen MR) is 76.0 cm³/mol. The van der Waals surface area contributed by atoms with Gasteiger partial charge in [0, 0.05) is 6.04 Å². The minimum absolute atomic E-state index is 0.0523. The number of hydrogen-bond donors (Lipinski definition) is 3. The topological polar surface area (TPSA) is 87.7 Å². The molecule has 5 nitrogen and oxygen atoms in total. The van der Waals surface area contributed by atoms with Crippen molar-refractivity contribution >= 4 is 11.7 Å². The van der Waals surface area contributed by atoms with Crippen molar-refractivity contribution in [2.75, 3.05) is 0 Å². The first-order chi connectivity index (χ1) is 8.93. The molecule has 1 fully saturated rings. The molecule has 1 atom stereocenters. The van der Waals surface area contributed by atoms with E-state index in [-0.39, 0.29) is 17.8 Å². The lowest BCUT2D eigenvalue weighted by atomic mass is 9.82. The van der Waals surface area contributed by atoms with Crippen molar-refractivity contribution in [1.82, 2.24) is 5.32 Å². The number of nitrogens with two attached hydrogens (primary N) is 1. The Hall–Kier alpha value is -1.26. The average Bonchev–Trinajstić information content (AvgIpc) is 2.44. The first-order valence-electron chi connectivity index (χ1n) is 7.22. The summed E-state index contributed by atoms with van der Waals surface area (Å²) in [6.07, 6.45) is 7.09. The van der Waals surface area contributed by atoms with Gasteiger partial charge in [-0.15, -0.1) is 0 Å². The summed E-state index contributed by atoms with van der Waals surface area (Å²) in [6.45, 7) is 5.44. The highest BCUT2D eigenvalue weighted by Gasteiger charge is 2.35. The van der Waals surface area contributed by atoms with Crippen LogP contribution in [-0.2, 0) is 4.79 Å². The lowest BCUT2D eigenvalue weighted by Gasteiger charge is -2.33. The third-order valence-corrected chi connectivity index (χ3v) is 4.29. The van der Waals surface area contributed by atoms with E-state index in [9.17, 15) is 4.79 Å². The molecular formula is C14H27N3O2. The van der Waals surface area contributed by atoms with Crippen LogP contribution >= 0.6 is 0 Å². The second-order valence-corrected chi connectivity index (χ2v) is 6.00. The highest BCUT2D eigenvalue weighted by molar-refractivity contribution is 6.05. The fraction of sp³-hybridized carbons (Fsp3) is 0.857. The third-order valence-electron chi connectivity index (χ3n) is 4.29. The Bertz CT molecular complexity index is 334. The molecule has 0 saturated heterocycles. The summed E-state index contributed by atoms with van der Waals surface area (Å²) in [5.41, 5.74) is 4.61. The molecule has 19 heavy (non-hydrogen) atoms. The Labute approximate surface area is 115 Å². The van der Waals surface area contributed by atoms with E-state index < -0.39 is 5.41 Å². The van der Waals surface area contributed by atoms with Gasteiger partial charge in [0.15, 0.2) is 5.84 Å². The molecular weight excluding hydrogens is 242 g/mol. The fourth-order valence-electron chi connectivity index (χ4n) is 2.68. The minimum Gasteiger partial charge on any atom is -0.409 e. The largest absolute Gasteiger partial charge is 0.409 e. The number of carbonyl (C=O) groups excluding carboxylic acids is 1. The van der Waals surface area contributed by atoms with Gasteiger partial charge in [0.2, 0.25) is 5.91 Å². The van der Waals surface area contributed by atoms with Crippen LogP contribution in [0.1, 0.15) is 59.3 Å².